The molecule has 3 aromatic rings. The first kappa shape index (κ1) is 23.2. The smallest absolute Gasteiger partial charge is 0.278 e. The predicted molar refractivity (Wildman–Crippen MR) is 127 cm³/mol. The minimum absolute atomic E-state index is 0.0679. The monoisotopic (exact) mass is 451 g/mol. The van der Waals surface area contributed by atoms with Crippen LogP contribution in [0.25, 0.3) is 11.3 Å². The van der Waals surface area contributed by atoms with E-state index in [2.05, 4.69) is 25.8 Å². The summed E-state index contributed by atoms with van der Waals surface area (Å²) in [7, 11) is 0. The van der Waals surface area contributed by atoms with Crippen LogP contribution in [-0.2, 0) is 9.59 Å². The minimum Gasteiger partial charge on any atom is -0.325 e. The standard InChI is InChI=1S/C23H25N5O3S/c1-12-9-15(4)20(24-16(5)29)17(10-12)21-22(31)26-23(28-27-21)32-11-18(30)25-19-13(2)7-6-8-14(19)3/h6-10H,11H2,1-5H3,(H,24,29)(H,25,30)(H,26,28,31). The van der Waals surface area contributed by atoms with Crippen molar-refractivity contribution < 1.29 is 9.59 Å². The number of hydrogen-bond donors (Lipinski definition) is 3. The molecule has 8 nitrogen and oxygen atoms in total. The SMILES string of the molecule is CC(=O)Nc1c(C)cc(C)cc1-c1nnc(SCC(=O)Nc2c(C)cccc2C)[nH]c1=O. The number of aromatic amines is 1. The minimum atomic E-state index is -0.450. The van der Waals surface area contributed by atoms with E-state index in [0.717, 1.165) is 39.7 Å². The molecule has 0 bridgehead atoms. The Morgan fingerprint density at radius 3 is 2.28 bits per heavy atom. The first-order chi connectivity index (χ1) is 15.2. The van der Waals surface area contributed by atoms with E-state index in [9.17, 15) is 14.4 Å². The Labute approximate surface area is 190 Å². The number of anilines is 2. The van der Waals surface area contributed by atoms with Gasteiger partial charge in [0.2, 0.25) is 11.8 Å². The van der Waals surface area contributed by atoms with Gasteiger partial charge in [-0.25, -0.2) is 0 Å². The van der Waals surface area contributed by atoms with Crippen molar-refractivity contribution in [2.45, 2.75) is 39.8 Å². The summed E-state index contributed by atoms with van der Waals surface area (Å²) < 4.78 is 0. The highest BCUT2D eigenvalue weighted by molar-refractivity contribution is 7.99. The maximum absolute atomic E-state index is 12.7. The van der Waals surface area contributed by atoms with Crippen molar-refractivity contribution in [2.24, 2.45) is 0 Å². The fourth-order valence-corrected chi connectivity index (χ4v) is 3.98. The normalized spacial score (nSPS) is 10.7. The van der Waals surface area contributed by atoms with Gasteiger partial charge in [-0.2, -0.15) is 0 Å². The second-order valence-corrected chi connectivity index (χ2v) is 8.56. The van der Waals surface area contributed by atoms with Gasteiger partial charge in [0.05, 0.1) is 11.4 Å². The van der Waals surface area contributed by atoms with Crippen molar-refractivity contribution >= 4 is 35.0 Å². The number of aryl methyl sites for hydroxylation is 4. The van der Waals surface area contributed by atoms with Gasteiger partial charge in [-0.3, -0.25) is 19.4 Å². The van der Waals surface area contributed by atoms with Crippen LogP contribution < -0.4 is 16.2 Å². The maximum atomic E-state index is 12.7. The number of rotatable bonds is 6. The van der Waals surface area contributed by atoms with Crippen LogP contribution in [0.5, 0.6) is 0 Å². The highest BCUT2D eigenvalue weighted by atomic mass is 32.2. The van der Waals surface area contributed by atoms with Crippen molar-refractivity contribution in [1.29, 1.82) is 0 Å². The number of carbonyl (C=O) groups excluding carboxylic acids is 2. The molecule has 0 radical (unpaired) electrons. The van der Waals surface area contributed by atoms with Crippen LogP contribution in [0.2, 0.25) is 0 Å². The van der Waals surface area contributed by atoms with Crippen LogP contribution in [0.1, 0.15) is 29.2 Å². The Morgan fingerprint density at radius 2 is 1.66 bits per heavy atom. The molecule has 1 heterocycles. The van der Waals surface area contributed by atoms with E-state index in [1.165, 1.54) is 6.92 Å². The van der Waals surface area contributed by atoms with Crippen molar-refractivity contribution in [3.63, 3.8) is 0 Å². The summed E-state index contributed by atoms with van der Waals surface area (Å²) >= 11 is 1.09. The molecule has 0 saturated carbocycles. The summed E-state index contributed by atoms with van der Waals surface area (Å²) in [6.07, 6.45) is 0. The average molecular weight is 452 g/mol. The molecule has 0 fully saturated rings. The van der Waals surface area contributed by atoms with E-state index in [1.807, 2.05) is 52.0 Å². The quantitative estimate of drug-likeness (QED) is 0.492. The topological polar surface area (TPSA) is 117 Å². The van der Waals surface area contributed by atoms with Gasteiger partial charge in [-0.1, -0.05) is 41.6 Å². The number of para-hydroxylation sites is 1. The summed E-state index contributed by atoms with van der Waals surface area (Å²) in [4.78, 5) is 39.4. The van der Waals surface area contributed by atoms with Crippen LogP contribution in [-0.4, -0.2) is 32.7 Å². The van der Waals surface area contributed by atoms with E-state index in [4.69, 9.17) is 0 Å². The third-order valence-electron chi connectivity index (χ3n) is 4.80. The van der Waals surface area contributed by atoms with E-state index in [-0.39, 0.29) is 28.4 Å². The number of carbonyl (C=O) groups is 2. The number of aromatic nitrogens is 3. The first-order valence-electron chi connectivity index (χ1n) is 10.0. The van der Waals surface area contributed by atoms with Crippen LogP contribution in [0.3, 0.4) is 0 Å². The Hall–Kier alpha value is -3.46. The van der Waals surface area contributed by atoms with Gasteiger partial charge < -0.3 is 10.6 Å². The molecule has 2 aromatic carbocycles. The summed E-state index contributed by atoms with van der Waals surface area (Å²) in [6, 6.07) is 9.49. The molecular formula is C23H25N5O3S. The zero-order valence-electron chi connectivity index (χ0n) is 18.6. The fourth-order valence-electron chi connectivity index (χ4n) is 3.38. The van der Waals surface area contributed by atoms with E-state index >= 15 is 0 Å². The number of hydrogen-bond acceptors (Lipinski definition) is 6. The molecule has 1 aromatic heterocycles. The predicted octanol–water partition coefficient (Wildman–Crippen LogP) is 3.75. The Balaban J connectivity index is 1.79. The summed E-state index contributed by atoms with van der Waals surface area (Å²) in [6.45, 7) is 9.01. The molecule has 3 N–H and O–H groups in total. The largest absolute Gasteiger partial charge is 0.325 e. The molecule has 0 saturated heterocycles. The van der Waals surface area contributed by atoms with Crippen molar-refractivity contribution in [3.05, 3.63) is 62.9 Å². The van der Waals surface area contributed by atoms with E-state index in [1.54, 1.807) is 6.07 Å². The van der Waals surface area contributed by atoms with Gasteiger partial charge in [-0.15, -0.1) is 10.2 Å². The van der Waals surface area contributed by atoms with Gasteiger partial charge >= 0.3 is 0 Å². The number of thioether (sulfide) groups is 1. The van der Waals surface area contributed by atoms with Gasteiger partial charge in [0.15, 0.2) is 10.9 Å². The highest BCUT2D eigenvalue weighted by Crippen LogP contribution is 2.29. The first-order valence-corrected chi connectivity index (χ1v) is 11.0. The van der Waals surface area contributed by atoms with Crippen LogP contribution >= 0.6 is 11.8 Å². The van der Waals surface area contributed by atoms with Crippen molar-refractivity contribution in [3.8, 4) is 11.3 Å². The van der Waals surface area contributed by atoms with Crippen molar-refractivity contribution in [1.82, 2.24) is 15.2 Å². The fraction of sp³-hybridized carbons (Fsp3) is 0.261. The molecular weight excluding hydrogens is 426 g/mol. The lowest BCUT2D eigenvalue weighted by atomic mass is 10.0. The lowest BCUT2D eigenvalue weighted by molar-refractivity contribution is -0.114. The second kappa shape index (κ2) is 9.78. The summed E-state index contributed by atoms with van der Waals surface area (Å²) in [5, 5.41) is 14.1. The molecule has 166 valence electrons. The molecule has 0 atom stereocenters. The number of benzene rings is 2. The maximum Gasteiger partial charge on any atom is 0.278 e. The molecule has 2 amide bonds. The third kappa shape index (κ3) is 5.42. The Bertz CT molecular complexity index is 1230. The zero-order valence-corrected chi connectivity index (χ0v) is 19.4. The van der Waals surface area contributed by atoms with Crippen LogP contribution in [0, 0.1) is 27.7 Å². The molecule has 9 heteroatoms. The zero-order chi connectivity index (χ0) is 23.4. The molecule has 0 aliphatic heterocycles. The molecule has 0 unspecified atom stereocenters. The molecule has 0 aliphatic rings. The molecule has 32 heavy (non-hydrogen) atoms. The average Bonchev–Trinajstić information content (AvgIpc) is 2.71. The number of nitrogens with one attached hydrogen (secondary N) is 3. The lowest BCUT2D eigenvalue weighted by Gasteiger charge is -2.13. The second-order valence-electron chi connectivity index (χ2n) is 7.60. The molecule has 0 spiro atoms. The third-order valence-corrected chi connectivity index (χ3v) is 5.66. The van der Waals surface area contributed by atoms with Crippen molar-refractivity contribution in [2.75, 3.05) is 16.4 Å². The summed E-state index contributed by atoms with van der Waals surface area (Å²) in [5.41, 5.74) is 5.15. The van der Waals surface area contributed by atoms with Crippen LogP contribution in [0.15, 0.2) is 40.3 Å². The number of amides is 2. The van der Waals surface area contributed by atoms with Gasteiger partial charge in [0, 0.05) is 18.2 Å². The molecule has 3 rings (SSSR count). The Kier molecular flexibility index (Phi) is 7.09. The highest BCUT2D eigenvalue weighted by Gasteiger charge is 2.17. The van der Waals surface area contributed by atoms with Crippen LogP contribution in [0.4, 0.5) is 11.4 Å². The lowest BCUT2D eigenvalue weighted by Crippen LogP contribution is -2.19. The molecule has 0 aliphatic carbocycles. The van der Waals surface area contributed by atoms with E-state index < -0.39 is 5.56 Å². The van der Waals surface area contributed by atoms with E-state index in [0.29, 0.717) is 11.3 Å². The number of H-pyrrole nitrogens is 1. The summed E-state index contributed by atoms with van der Waals surface area (Å²) in [5.74, 6) is -0.385. The van der Waals surface area contributed by atoms with Gasteiger partial charge in [-0.05, 0) is 50.5 Å². The van der Waals surface area contributed by atoms with Gasteiger partial charge in [0.25, 0.3) is 5.56 Å². The number of nitrogens with zero attached hydrogens (tertiary/aromatic N) is 2. The Morgan fingerprint density at radius 1 is 0.969 bits per heavy atom. The van der Waals surface area contributed by atoms with Gasteiger partial charge in [0.1, 0.15) is 0 Å².